The Labute approximate surface area is 178 Å². The van der Waals surface area contributed by atoms with Crippen molar-refractivity contribution in [1.29, 1.82) is 0 Å². The van der Waals surface area contributed by atoms with E-state index in [1.807, 2.05) is 0 Å². The number of aromatic nitrogens is 2. The molecule has 138 valence electrons. The van der Waals surface area contributed by atoms with E-state index in [0.717, 1.165) is 20.8 Å². The van der Waals surface area contributed by atoms with Crippen LogP contribution in [0.1, 0.15) is 10.4 Å². The van der Waals surface area contributed by atoms with Gasteiger partial charge in [0.25, 0.3) is 5.91 Å². The molecule has 3 aromatic rings. The molecule has 3 rings (SSSR count). The van der Waals surface area contributed by atoms with E-state index in [1.165, 1.54) is 18.2 Å². The number of hydrogen-bond donors (Lipinski definition) is 2. The number of nitrogens with one attached hydrogen (secondary N) is 2. The van der Waals surface area contributed by atoms with Gasteiger partial charge in [-0.1, -0.05) is 12.1 Å². The Bertz CT molecular complexity index is 1020. The number of carbonyl (C=O) groups is 2. The minimum atomic E-state index is -0.822. The summed E-state index contributed by atoms with van der Waals surface area (Å²) in [6.07, 6.45) is 0. The van der Waals surface area contributed by atoms with Gasteiger partial charge >= 0.3 is 6.03 Å². The van der Waals surface area contributed by atoms with Gasteiger partial charge < -0.3 is 5.32 Å². The molecule has 2 aromatic carbocycles. The number of carbonyl (C=O) groups excluding carboxylic acids is 2. The van der Waals surface area contributed by atoms with Gasteiger partial charge in [-0.25, -0.2) is 13.9 Å². The molecule has 0 unspecified atom stereocenters. The third kappa shape index (κ3) is 4.45. The summed E-state index contributed by atoms with van der Waals surface area (Å²) in [5.74, 6) is -1.52. The van der Waals surface area contributed by atoms with Crippen LogP contribution in [0.2, 0.25) is 0 Å². The minimum Gasteiger partial charge on any atom is -0.308 e. The molecule has 0 spiro atoms. The molecule has 0 bridgehead atoms. The summed E-state index contributed by atoms with van der Waals surface area (Å²) in [4.78, 5) is 23.9. The fourth-order valence-corrected chi connectivity index (χ4v) is 3.52. The standard InChI is InChI=1S/C17H10Br3FN4O2/c18-13-14(19)24-25(15(13)20)10-7-5-9(6-8-10)22-17(27)23-16(26)11-3-1-2-4-12(11)21/h1-8H,(H2,22,23,26,27). The van der Waals surface area contributed by atoms with E-state index in [2.05, 4.69) is 63.5 Å². The lowest BCUT2D eigenvalue weighted by atomic mass is 10.2. The van der Waals surface area contributed by atoms with Crippen molar-refractivity contribution in [2.75, 3.05) is 5.32 Å². The van der Waals surface area contributed by atoms with E-state index >= 15 is 0 Å². The summed E-state index contributed by atoms with van der Waals surface area (Å²) in [6, 6.07) is 11.4. The molecule has 0 atom stereocenters. The molecule has 0 fully saturated rings. The van der Waals surface area contributed by atoms with Gasteiger partial charge in [-0.05, 0) is 84.2 Å². The van der Waals surface area contributed by atoms with Crippen molar-refractivity contribution in [3.05, 3.63) is 73.6 Å². The predicted molar refractivity (Wildman–Crippen MR) is 110 cm³/mol. The Kier molecular flexibility index (Phi) is 6.08. The largest absolute Gasteiger partial charge is 0.326 e. The van der Waals surface area contributed by atoms with Gasteiger partial charge in [0.2, 0.25) is 0 Å². The Morgan fingerprint density at radius 1 is 1.00 bits per heavy atom. The van der Waals surface area contributed by atoms with Crippen molar-refractivity contribution in [2.45, 2.75) is 0 Å². The third-order valence-corrected chi connectivity index (χ3v) is 6.55. The first kappa shape index (κ1) is 19.7. The highest BCUT2D eigenvalue weighted by molar-refractivity contribution is 9.14. The van der Waals surface area contributed by atoms with Gasteiger partial charge in [-0.3, -0.25) is 10.1 Å². The summed E-state index contributed by atoms with van der Waals surface area (Å²) in [7, 11) is 0. The van der Waals surface area contributed by atoms with E-state index in [9.17, 15) is 14.0 Å². The lowest BCUT2D eigenvalue weighted by Crippen LogP contribution is -2.34. The first-order valence-electron chi connectivity index (χ1n) is 7.43. The van der Waals surface area contributed by atoms with Crippen molar-refractivity contribution >= 4 is 65.4 Å². The van der Waals surface area contributed by atoms with Crippen molar-refractivity contribution in [3.63, 3.8) is 0 Å². The summed E-state index contributed by atoms with van der Waals surface area (Å²) < 4.78 is 17.4. The highest BCUT2D eigenvalue weighted by Crippen LogP contribution is 2.32. The van der Waals surface area contributed by atoms with Gasteiger partial charge in [-0.2, -0.15) is 5.10 Å². The van der Waals surface area contributed by atoms with Gasteiger partial charge in [0, 0.05) is 5.69 Å². The second-order valence-electron chi connectivity index (χ2n) is 5.24. The van der Waals surface area contributed by atoms with Crippen LogP contribution in [-0.4, -0.2) is 21.7 Å². The van der Waals surface area contributed by atoms with Crippen LogP contribution in [0.3, 0.4) is 0 Å². The molecule has 2 N–H and O–H groups in total. The average molecular weight is 561 g/mol. The summed E-state index contributed by atoms with van der Waals surface area (Å²) >= 11 is 10.1. The molecule has 0 saturated carbocycles. The number of urea groups is 1. The molecule has 0 aliphatic carbocycles. The molecule has 0 saturated heterocycles. The summed E-state index contributed by atoms with van der Waals surface area (Å²) in [6.45, 7) is 0. The fourth-order valence-electron chi connectivity index (χ4n) is 2.19. The second-order valence-corrected chi connectivity index (χ2v) is 7.54. The van der Waals surface area contributed by atoms with Crippen LogP contribution in [0.5, 0.6) is 0 Å². The number of amides is 3. The summed E-state index contributed by atoms with van der Waals surface area (Å²) in [5.41, 5.74) is 1.00. The number of benzene rings is 2. The van der Waals surface area contributed by atoms with E-state index in [4.69, 9.17) is 0 Å². The van der Waals surface area contributed by atoms with Gasteiger partial charge in [0.1, 0.15) is 15.0 Å². The Balaban J connectivity index is 1.67. The van der Waals surface area contributed by atoms with Crippen LogP contribution in [0.4, 0.5) is 14.9 Å². The van der Waals surface area contributed by atoms with Crippen LogP contribution >= 0.6 is 47.8 Å². The number of anilines is 1. The average Bonchev–Trinajstić information content (AvgIpc) is 2.90. The number of halogens is 4. The summed E-state index contributed by atoms with van der Waals surface area (Å²) in [5, 5.41) is 8.92. The van der Waals surface area contributed by atoms with Crippen molar-refractivity contribution < 1.29 is 14.0 Å². The highest BCUT2D eigenvalue weighted by Gasteiger charge is 2.15. The van der Waals surface area contributed by atoms with Crippen molar-refractivity contribution in [1.82, 2.24) is 15.1 Å². The number of rotatable bonds is 3. The van der Waals surface area contributed by atoms with Gasteiger partial charge in [-0.15, -0.1) is 0 Å². The fraction of sp³-hybridized carbons (Fsp3) is 0. The monoisotopic (exact) mass is 558 g/mol. The van der Waals surface area contributed by atoms with E-state index in [-0.39, 0.29) is 5.56 Å². The molecular formula is C17H10Br3FN4O2. The molecule has 1 aromatic heterocycles. The smallest absolute Gasteiger partial charge is 0.308 e. The maximum Gasteiger partial charge on any atom is 0.326 e. The normalized spacial score (nSPS) is 10.5. The first-order valence-corrected chi connectivity index (χ1v) is 9.81. The van der Waals surface area contributed by atoms with Crippen LogP contribution < -0.4 is 10.6 Å². The van der Waals surface area contributed by atoms with E-state index < -0.39 is 17.8 Å². The Morgan fingerprint density at radius 3 is 2.26 bits per heavy atom. The number of imide groups is 1. The highest BCUT2D eigenvalue weighted by atomic mass is 79.9. The van der Waals surface area contributed by atoms with Crippen LogP contribution in [0.25, 0.3) is 5.69 Å². The van der Waals surface area contributed by atoms with Crippen LogP contribution in [-0.2, 0) is 0 Å². The molecule has 6 nitrogen and oxygen atoms in total. The molecular weight excluding hydrogens is 551 g/mol. The third-order valence-electron chi connectivity index (χ3n) is 3.45. The van der Waals surface area contributed by atoms with Crippen LogP contribution in [0, 0.1) is 5.82 Å². The Hall–Kier alpha value is -2.04. The lowest BCUT2D eigenvalue weighted by molar-refractivity contribution is 0.0963. The molecule has 27 heavy (non-hydrogen) atoms. The van der Waals surface area contributed by atoms with Crippen LogP contribution in [0.15, 0.2) is 62.2 Å². The molecule has 1 heterocycles. The Morgan fingerprint density at radius 2 is 1.67 bits per heavy atom. The lowest BCUT2D eigenvalue weighted by Gasteiger charge is -2.09. The van der Waals surface area contributed by atoms with E-state index in [1.54, 1.807) is 28.9 Å². The molecule has 0 aliphatic heterocycles. The minimum absolute atomic E-state index is 0.206. The molecule has 3 amide bonds. The van der Waals surface area contributed by atoms with Gasteiger partial charge in [0.05, 0.1) is 15.7 Å². The first-order chi connectivity index (χ1) is 12.9. The maximum absolute atomic E-state index is 13.6. The molecule has 0 aliphatic rings. The maximum atomic E-state index is 13.6. The topological polar surface area (TPSA) is 76.0 Å². The van der Waals surface area contributed by atoms with Gasteiger partial charge in [0.15, 0.2) is 0 Å². The number of hydrogen-bond acceptors (Lipinski definition) is 3. The zero-order valence-electron chi connectivity index (χ0n) is 13.3. The molecule has 10 heteroatoms. The quantitative estimate of drug-likeness (QED) is 0.459. The van der Waals surface area contributed by atoms with Crippen molar-refractivity contribution in [2.24, 2.45) is 0 Å². The zero-order valence-corrected chi connectivity index (χ0v) is 18.1. The second kappa shape index (κ2) is 8.32. The van der Waals surface area contributed by atoms with E-state index in [0.29, 0.717) is 10.3 Å². The zero-order chi connectivity index (χ0) is 19.6. The van der Waals surface area contributed by atoms with Crippen molar-refractivity contribution in [3.8, 4) is 5.69 Å². The molecule has 0 radical (unpaired) electrons. The number of nitrogens with zero attached hydrogens (tertiary/aromatic N) is 2. The SMILES string of the molecule is O=C(NC(=O)c1ccccc1F)Nc1ccc(-n2nc(Br)c(Br)c2Br)cc1. The predicted octanol–water partition coefficient (Wildman–Crippen LogP) is 5.26.